The molecular weight excluding hydrogens is 1310 g/mol. The number of likely N-dealkylation sites (tertiary alicyclic amines) is 2. The predicted octanol–water partition coefficient (Wildman–Crippen LogP) is 14.1. The van der Waals surface area contributed by atoms with Crippen LogP contribution in [0.15, 0.2) is 146 Å². The molecule has 2 aliphatic carbocycles. The summed E-state index contributed by atoms with van der Waals surface area (Å²) in [6.45, 7) is 15.1. The van der Waals surface area contributed by atoms with E-state index in [0.717, 1.165) is 152 Å². The molecule has 2 amide bonds. The standard InChI is InChI=1S/C34H38N6O3.C30H33N5O3.C9H15NO3.C2HF3O.C2H6/c1-38(26-16-19-42-21-26)17-5-8-29(41)39-18-15-25(20-39)40-32(24-9-10-24)30(31-33(35)36-22-37-34(31)40)23-11-13-28(14-12-23)43-27-6-3-2-4-7-27;1-30(2,3)38-29(36)34-16-15-21(17-34)35-26(20-9-10-20)24(25-27(31)32-18-33-28(25)35)19-11-13-23(14-12-19)37-22-7-5-4-6-8-22;1-10(5-2-3-9(11)12)8-4-6-13-7-8;3-2(4,5)1-6;1-2/h2-8,11-14,22,24-26H,9-10,15-21H2,1H3,(H2,35,36,37);4-8,11-14,18,20-21H,9-10,15-17H2,1-3H3,(H2,31,32,33);2-3,8H,4-7H2,1H3,(H,11,12);1H;1-2H3/b8-5+;;3-2+;;/t25-,26-;21-;8-;;/m111../s1/i;;;;1D. The van der Waals surface area contributed by atoms with Crippen molar-refractivity contribution in [2.24, 2.45) is 0 Å². The van der Waals surface area contributed by atoms with Gasteiger partial charge in [-0.2, -0.15) is 13.2 Å². The van der Waals surface area contributed by atoms with Gasteiger partial charge in [-0.15, -0.1) is 0 Å². The SMILES string of the molecule is CC(C)(C)OC(=O)N1CC[C@@H](n2c(C3CC3)c(-c3ccc(Oc4ccccc4)cc3)c3c(N)ncnc32)C1.CN(C/C=C/C(=O)N1CC[C@@H](n2c(C3CC3)c(-c3ccc(Oc4ccccc4)cc3)c3c(N)ncnc32)C1)[C@@H]1CCOC1.CN(C/C=C/C(=O)O)[C@@H]1CCOC1.O=CC(F)(F)F.[2H]CC. The van der Waals surface area contributed by atoms with Crippen LogP contribution in [-0.4, -0.2) is 182 Å². The Morgan fingerprint density at radius 1 is 0.618 bits per heavy atom. The Labute approximate surface area is 594 Å². The van der Waals surface area contributed by atoms with Crippen LogP contribution in [0.4, 0.5) is 29.6 Å². The molecule has 25 heteroatoms. The number of hydrogen-bond donors (Lipinski definition) is 3. The van der Waals surface area contributed by atoms with Crippen molar-refractivity contribution in [1.82, 2.24) is 48.7 Å². The van der Waals surface area contributed by atoms with Crippen molar-refractivity contribution in [3.8, 4) is 45.3 Å². The van der Waals surface area contributed by atoms with Gasteiger partial charge in [0.2, 0.25) is 12.2 Å². The van der Waals surface area contributed by atoms with Crippen LogP contribution in [0.3, 0.4) is 0 Å². The molecule has 14 rings (SSSR count). The lowest BCUT2D eigenvalue weighted by Crippen LogP contribution is -2.35. The second-order valence-electron chi connectivity index (χ2n) is 26.9. The summed E-state index contributed by atoms with van der Waals surface area (Å²) >= 11 is 0. The number of para-hydroxylation sites is 2. The Balaban J connectivity index is 0.000000172. The molecule has 6 fully saturated rings. The van der Waals surface area contributed by atoms with Gasteiger partial charge in [-0.3, -0.25) is 19.4 Å². The van der Waals surface area contributed by atoms with Crippen LogP contribution < -0.4 is 20.9 Å². The molecule has 6 aliphatic rings. The number of likely N-dealkylation sites (N-methyl/N-ethyl adjacent to an activating group) is 2. The van der Waals surface area contributed by atoms with Gasteiger partial charge in [0.1, 0.15) is 64.2 Å². The summed E-state index contributed by atoms with van der Waals surface area (Å²) in [4.78, 5) is 71.2. The lowest BCUT2D eigenvalue weighted by molar-refractivity contribution is -0.156. The number of carbonyl (C=O) groups is 4. The highest BCUT2D eigenvalue weighted by Crippen LogP contribution is 2.53. The van der Waals surface area contributed by atoms with Crippen LogP contribution in [0.5, 0.6) is 23.0 Å². The lowest BCUT2D eigenvalue weighted by Gasteiger charge is -2.25. The Morgan fingerprint density at radius 3 is 1.40 bits per heavy atom. The van der Waals surface area contributed by atoms with E-state index < -0.39 is 24.0 Å². The highest BCUT2D eigenvalue weighted by Gasteiger charge is 2.41. The number of benzene rings is 4. The number of alkyl halides is 3. The number of rotatable bonds is 18. The monoisotopic (exact) mass is 1400 g/mol. The zero-order valence-corrected chi connectivity index (χ0v) is 58.7. The van der Waals surface area contributed by atoms with Crippen LogP contribution in [0.25, 0.3) is 44.3 Å². The summed E-state index contributed by atoms with van der Waals surface area (Å²) in [7, 11) is 4.07. The number of aliphatic carboxylic acids is 1. The van der Waals surface area contributed by atoms with Crippen molar-refractivity contribution in [2.45, 2.75) is 134 Å². The second-order valence-corrected chi connectivity index (χ2v) is 26.9. The predicted molar refractivity (Wildman–Crippen MR) is 387 cm³/mol. The molecule has 4 aliphatic heterocycles. The molecular formula is C77H93F3N12O10. The Bertz CT molecular complexity index is 4190. The fourth-order valence-corrected chi connectivity index (χ4v) is 13.2. The topological polar surface area (TPSA) is 261 Å². The number of carbonyl (C=O) groups excluding carboxylic acids is 3. The van der Waals surface area contributed by atoms with Gasteiger partial charge in [-0.05, 0) is 158 Å². The van der Waals surface area contributed by atoms with Gasteiger partial charge in [0.25, 0.3) is 0 Å². The molecule has 0 spiro atoms. The molecule has 4 atom stereocenters. The van der Waals surface area contributed by atoms with Gasteiger partial charge in [0.05, 0.1) is 36.1 Å². The molecule has 102 heavy (non-hydrogen) atoms. The van der Waals surface area contributed by atoms with Crippen LogP contribution >= 0.6 is 0 Å². The number of ether oxygens (including phenoxy) is 5. The zero-order valence-electron chi connectivity index (χ0n) is 59.7. The lowest BCUT2D eigenvalue weighted by atomic mass is 10.0. The van der Waals surface area contributed by atoms with E-state index >= 15 is 0 Å². The third-order valence-corrected chi connectivity index (χ3v) is 18.4. The molecule has 4 aromatic carbocycles. The van der Waals surface area contributed by atoms with Crippen LogP contribution in [0, 0.1) is 0 Å². The number of nitrogens with two attached hydrogens (primary N) is 2. The summed E-state index contributed by atoms with van der Waals surface area (Å²) in [6, 6.07) is 37.0. The third-order valence-electron chi connectivity index (χ3n) is 18.4. The fourth-order valence-electron chi connectivity index (χ4n) is 13.2. The van der Waals surface area contributed by atoms with E-state index in [2.05, 4.69) is 60.2 Å². The molecule has 4 saturated heterocycles. The maximum atomic E-state index is 13.2. The number of anilines is 2. The molecule has 8 heterocycles. The Hall–Kier alpha value is -9.69. The quantitative estimate of drug-likeness (QED) is 0.0532. The van der Waals surface area contributed by atoms with E-state index in [1.807, 2.05) is 124 Å². The van der Waals surface area contributed by atoms with Gasteiger partial charge < -0.3 is 59.2 Å². The Morgan fingerprint density at radius 2 is 1.02 bits per heavy atom. The summed E-state index contributed by atoms with van der Waals surface area (Å²) in [5.41, 5.74) is 21.0. The number of nitrogens with zero attached hydrogens (tertiary/aromatic N) is 10. The van der Waals surface area contributed by atoms with Gasteiger partial charge in [-0.25, -0.2) is 29.5 Å². The maximum absolute atomic E-state index is 13.2. The molecule has 0 unspecified atom stereocenters. The first-order chi connectivity index (χ1) is 49.5. The van der Waals surface area contributed by atoms with Crippen molar-refractivity contribution < 1.29 is 62.5 Å². The maximum Gasteiger partial charge on any atom is 0.446 e. The van der Waals surface area contributed by atoms with Gasteiger partial charge in [-0.1, -0.05) is 86.6 Å². The van der Waals surface area contributed by atoms with Crippen molar-refractivity contribution in [2.75, 3.05) is 91.3 Å². The number of halogens is 3. The molecule has 22 nitrogen and oxygen atoms in total. The first-order valence-corrected chi connectivity index (χ1v) is 34.7. The van der Waals surface area contributed by atoms with Crippen molar-refractivity contribution in [1.29, 1.82) is 0 Å². The van der Waals surface area contributed by atoms with E-state index in [9.17, 15) is 27.6 Å². The number of nitrogen functional groups attached to an aromatic ring is 2. The average molecular weight is 1400 g/mol. The van der Waals surface area contributed by atoms with Crippen molar-refractivity contribution in [3.63, 3.8) is 0 Å². The molecule has 2 saturated carbocycles. The van der Waals surface area contributed by atoms with Crippen LogP contribution in [-0.2, 0) is 28.6 Å². The number of carboxylic acids is 1. The molecule has 0 radical (unpaired) electrons. The van der Waals surface area contributed by atoms with E-state index in [0.29, 0.717) is 75.2 Å². The highest BCUT2D eigenvalue weighted by atomic mass is 19.4. The normalized spacial score (nSPS) is 19.0. The van der Waals surface area contributed by atoms with Gasteiger partial charge in [0.15, 0.2) is 0 Å². The van der Waals surface area contributed by atoms with E-state index in [-0.39, 0.29) is 24.1 Å². The summed E-state index contributed by atoms with van der Waals surface area (Å²) in [5.74, 6) is 4.12. The smallest absolute Gasteiger partial charge is 0.446 e. The van der Waals surface area contributed by atoms with Crippen molar-refractivity contribution >= 4 is 58.0 Å². The number of aldehydes is 1. The van der Waals surface area contributed by atoms with E-state index in [4.69, 9.17) is 56.4 Å². The molecule has 0 bridgehead atoms. The van der Waals surface area contributed by atoms with Gasteiger partial charge >= 0.3 is 18.2 Å². The second kappa shape index (κ2) is 34.3. The third kappa shape index (κ3) is 19.5. The van der Waals surface area contributed by atoms with Crippen LogP contribution in [0.2, 0.25) is 0 Å². The number of hydrogen-bond acceptors (Lipinski definition) is 17. The average Bonchev–Trinajstić information content (AvgIpc) is 1.57. The van der Waals surface area contributed by atoms with Crippen molar-refractivity contribution in [3.05, 3.63) is 158 Å². The summed E-state index contributed by atoms with van der Waals surface area (Å²) < 4.78 is 70.6. The summed E-state index contributed by atoms with van der Waals surface area (Å²) in [6.07, 6.45) is 11.9. The van der Waals surface area contributed by atoms with Crippen LogP contribution in [0.1, 0.15) is 123 Å². The first kappa shape index (κ1) is 73.5. The number of amides is 2. The molecule has 5 N–H and O–H groups in total. The minimum atomic E-state index is -4.64. The molecule has 542 valence electrons. The minimum Gasteiger partial charge on any atom is -0.478 e. The van der Waals surface area contributed by atoms with Gasteiger partial charge in [0, 0.05) is 101 Å². The largest absolute Gasteiger partial charge is 0.478 e. The van der Waals surface area contributed by atoms with E-state index in [1.165, 1.54) is 23.8 Å². The Kier molecular flexibility index (Phi) is 24.7. The molecule has 4 aromatic heterocycles. The van der Waals surface area contributed by atoms with E-state index in [1.54, 1.807) is 30.3 Å². The molecule has 8 aromatic rings. The number of carboxylic acid groups (broad SMARTS) is 1. The zero-order chi connectivity index (χ0) is 73.4. The number of aromatic nitrogens is 6. The fraction of sp³-hybridized carbons (Fsp3) is 0.429. The highest BCUT2D eigenvalue weighted by molar-refractivity contribution is 6.04. The first-order valence-electron chi connectivity index (χ1n) is 35.4. The number of fused-ring (bicyclic) bond motifs is 2. The summed E-state index contributed by atoms with van der Waals surface area (Å²) in [5, 5.41) is 10.1. The minimum absolute atomic E-state index is 0.0615.